The molecule has 1 aliphatic rings. The van der Waals surface area contributed by atoms with Gasteiger partial charge in [0.2, 0.25) is 0 Å². The summed E-state index contributed by atoms with van der Waals surface area (Å²) in [4.78, 5) is 0. The van der Waals surface area contributed by atoms with E-state index in [2.05, 4.69) is 12.1 Å². The fraction of sp³-hybridized carbons (Fsp3) is 0.500. The molecule has 1 aliphatic carbocycles. The van der Waals surface area contributed by atoms with Gasteiger partial charge in [-0.2, -0.15) is 0 Å². The van der Waals surface area contributed by atoms with Crippen molar-refractivity contribution >= 4 is 11.6 Å². The van der Waals surface area contributed by atoms with E-state index >= 15 is 0 Å². The Balaban J connectivity index is 2.05. The fourth-order valence-corrected chi connectivity index (χ4v) is 2.31. The minimum absolute atomic E-state index is 0.429. The van der Waals surface area contributed by atoms with Crippen LogP contribution >= 0.6 is 11.6 Å². The van der Waals surface area contributed by atoms with Crippen molar-refractivity contribution in [1.29, 1.82) is 0 Å². The molecule has 0 unspecified atom stereocenters. The summed E-state index contributed by atoms with van der Waals surface area (Å²) in [5.41, 5.74) is 7.30. The topological polar surface area (TPSA) is 26.0 Å². The average molecular weight is 210 g/mol. The predicted octanol–water partition coefficient (Wildman–Crippen LogP) is 3.32. The zero-order valence-corrected chi connectivity index (χ0v) is 9.00. The van der Waals surface area contributed by atoms with Crippen LogP contribution in [-0.2, 0) is 0 Å². The first kappa shape index (κ1) is 10.0. The van der Waals surface area contributed by atoms with Crippen molar-refractivity contribution in [3.05, 3.63) is 34.9 Å². The highest BCUT2D eigenvalue weighted by Gasteiger charge is 2.19. The van der Waals surface area contributed by atoms with E-state index in [1.807, 2.05) is 12.1 Å². The molecule has 0 heterocycles. The first-order valence-corrected chi connectivity index (χ1v) is 5.64. The number of rotatable bonds is 1. The Bertz CT molecular complexity index is 286. The summed E-state index contributed by atoms with van der Waals surface area (Å²) in [5, 5.41) is 0.821. The van der Waals surface area contributed by atoms with Gasteiger partial charge < -0.3 is 5.73 Å². The molecule has 1 saturated carbocycles. The van der Waals surface area contributed by atoms with Gasteiger partial charge in [0.1, 0.15) is 0 Å². The third-order valence-electron chi connectivity index (χ3n) is 3.11. The van der Waals surface area contributed by atoms with Crippen molar-refractivity contribution < 1.29 is 0 Å². The van der Waals surface area contributed by atoms with Crippen LogP contribution in [0.25, 0.3) is 0 Å². The molecule has 1 nitrogen and oxygen atoms in total. The first-order valence-electron chi connectivity index (χ1n) is 5.27. The average Bonchev–Trinajstić information content (AvgIpc) is 2.21. The fourth-order valence-electron chi connectivity index (χ4n) is 2.19. The zero-order chi connectivity index (χ0) is 9.97. The molecule has 0 bridgehead atoms. The van der Waals surface area contributed by atoms with Gasteiger partial charge in [-0.15, -0.1) is 0 Å². The Morgan fingerprint density at radius 1 is 1.00 bits per heavy atom. The van der Waals surface area contributed by atoms with Crippen LogP contribution in [0.3, 0.4) is 0 Å². The maximum Gasteiger partial charge on any atom is 0.0406 e. The molecule has 0 spiro atoms. The lowest BCUT2D eigenvalue weighted by molar-refractivity contribution is 0.395. The maximum atomic E-state index is 5.88. The predicted molar refractivity (Wildman–Crippen MR) is 60.6 cm³/mol. The summed E-state index contributed by atoms with van der Waals surface area (Å²) in [6.45, 7) is 0. The van der Waals surface area contributed by atoms with Crippen LogP contribution in [-0.4, -0.2) is 6.04 Å². The summed E-state index contributed by atoms with van der Waals surface area (Å²) in [6, 6.07) is 8.67. The summed E-state index contributed by atoms with van der Waals surface area (Å²) in [5.74, 6) is 0.701. The van der Waals surface area contributed by atoms with Gasteiger partial charge in [0.15, 0.2) is 0 Å². The second kappa shape index (κ2) is 4.33. The summed E-state index contributed by atoms with van der Waals surface area (Å²) in [6.07, 6.45) is 4.77. The van der Waals surface area contributed by atoms with Gasteiger partial charge >= 0.3 is 0 Å². The summed E-state index contributed by atoms with van der Waals surface area (Å²) >= 11 is 5.85. The maximum absolute atomic E-state index is 5.88. The smallest absolute Gasteiger partial charge is 0.0406 e. The van der Waals surface area contributed by atoms with Gasteiger partial charge in [-0.05, 0) is 49.3 Å². The first-order chi connectivity index (χ1) is 6.75. The molecule has 14 heavy (non-hydrogen) atoms. The van der Waals surface area contributed by atoms with Crippen molar-refractivity contribution in [2.75, 3.05) is 0 Å². The lowest BCUT2D eigenvalue weighted by Gasteiger charge is -2.26. The molecular weight excluding hydrogens is 194 g/mol. The second-order valence-electron chi connectivity index (χ2n) is 4.16. The van der Waals surface area contributed by atoms with Crippen molar-refractivity contribution in [1.82, 2.24) is 0 Å². The van der Waals surface area contributed by atoms with Crippen LogP contribution in [0, 0.1) is 0 Å². The quantitative estimate of drug-likeness (QED) is 0.755. The van der Waals surface area contributed by atoms with Gasteiger partial charge in [-0.1, -0.05) is 23.7 Å². The monoisotopic (exact) mass is 209 g/mol. The van der Waals surface area contributed by atoms with Crippen molar-refractivity contribution in [2.24, 2.45) is 5.73 Å². The van der Waals surface area contributed by atoms with Crippen molar-refractivity contribution in [2.45, 2.75) is 37.6 Å². The van der Waals surface area contributed by atoms with Gasteiger partial charge in [-0.3, -0.25) is 0 Å². The molecule has 2 rings (SSSR count). The minimum Gasteiger partial charge on any atom is -0.328 e. The van der Waals surface area contributed by atoms with Crippen LogP contribution in [0.15, 0.2) is 24.3 Å². The Morgan fingerprint density at radius 3 is 2.14 bits per heavy atom. The molecule has 0 atom stereocenters. The molecule has 0 aliphatic heterocycles. The highest BCUT2D eigenvalue weighted by molar-refractivity contribution is 6.30. The van der Waals surface area contributed by atoms with Gasteiger partial charge in [-0.25, -0.2) is 0 Å². The van der Waals surface area contributed by atoms with Gasteiger partial charge in [0.25, 0.3) is 0 Å². The van der Waals surface area contributed by atoms with Crippen molar-refractivity contribution in [3.8, 4) is 0 Å². The van der Waals surface area contributed by atoms with Crippen LogP contribution in [0.2, 0.25) is 5.02 Å². The van der Waals surface area contributed by atoms with Crippen LogP contribution in [0.1, 0.15) is 37.2 Å². The number of nitrogens with two attached hydrogens (primary N) is 1. The van der Waals surface area contributed by atoms with Crippen LogP contribution in [0.5, 0.6) is 0 Å². The largest absolute Gasteiger partial charge is 0.328 e. The van der Waals surface area contributed by atoms with E-state index in [1.54, 1.807) is 0 Å². The third-order valence-corrected chi connectivity index (χ3v) is 3.37. The van der Waals surface area contributed by atoms with E-state index in [0.717, 1.165) is 17.9 Å². The minimum atomic E-state index is 0.429. The number of hydrogen-bond acceptors (Lipinski definition) is 1. The summed E-state index contributed by atoms with van der Waals surface area (Å²) in [7, 11) is 0. The van der Waals surface area contributed by atoms with E-state index < -0.39 is 0 Å². The molecule has 0 amide bonds. The molecule has 1 aromatic rings. The lowest BCUT2D eigenvalue weighted by Crippen LogP contribution is -2.25. The molecule has 2 N–H and O–H groups in total. The Kier molecular flexibility index (Phi) is 3.09. The van der Waals surface area contributed by atoms with E-state index in [-0.39, 0.29) is 0 Å². The molecule has 2 heteroatoms. The Hall–Kier alpha value is -0.530. The number of benzene rings is 1. The molecule has 76 valence electrons. The van der Waals surface area contributed by atoms with E-state index in [9.17, 15) is 0 Å². The highest BCUT2D eigenvalue weighted by atomic mass is 35.5. The number of hydrogen-bond donors (Lipinski definition) is 1. The van der Waals surface area contributed by atoms with Gasteiger partial charge in [0, 0.05) is 11.1 Å². The van der Waals surface area contributed by atoms with E-state index in [0.29, 0.717) is 12.0 Å². The van der Waals surface area contributed by atoms with Crippen LogP contribution < -0.4 is 5.73 Å². The highest BCUT2D eigenvalue weighted by Crippen LogP contribution is 2.32. The molecule has 0 aromatic heterocycles. The molecule has 0 radical (unpaired) electrons. The third kappa shape index (κ3) is 2.28. The van der Waals surface area contributed by atoms with Gasteiger partial charge in [0.05, 0.1) is 0 Å². The van der Waals surface area contributed by atoms with E-state index in [1.165, 1.54) is 18.4 Å². The van der Waals surface area contributed by atoms with Crippen LogP contribution in [0.4, 0.5) is 0 Å². The molecular formula is C12H16ClN. The Morgan fingerprint density at radius 2 is 1.57 bits per heavy atom. The summed E-state index contributed by atoms with van der Waals surface area (Å²) < 4.78 is 0. The molecule has 0 saturated heterocycles. The number of halogens is 1. The Labute approximate surface area is 90.3 Å². The molecule has 1 fully saturated rings. The second-order valence-corrected chi connectivity index (χ2v) is 4.60. The zero-order valence-electron chi connectivity index (χ0n) is 8.25. The standard InChI is InChI=1S/C12H16ClN/c13-11-5-1-9(2-6-11)10-3-7-12(14)8-4-10/h1-2,5-6,10,12H,3-4,7-8,14H2. The SMILES string of the molecule is NC1CCC(c2ccc(Cl)cc2)CC1. The normalized spacial score (nSPS) is 27.6. The van der Waals surface area contributed by atoms with E-state index in [4.69, 9.17) is 17.3 Å². The van der Waals surface area contributed by atoms with Crippen molar-refractivity contribution in [3.63, 3.8) is 0 Å². The molecule has 1 aromatic carbocycles. The lowest BCUT2D eigenvalue weighted by atomic mass is 9.82.